The van der Waals surface area contributed by atoms with Gasteiger partial charge in [-0.25, -0.2) is 0 Å². The summed E-state index contributed by atoms with van der Waals surface area (Å²) < 4.78 is 0. The van der Waals surface area contributed by atoms with Gasteiger partial charge in [0, 0.05) is 11.4 Å². The van der Waals surface area contributed by atoms with Gasteiger partial charge in [-0.05, 0) is 12.0 Å². The molecule has 0 saturated heterocycles. The molecule has 0 spiro atoms. The third kappa shape index (κ3) is 2.64. The SMILES string of the molecule is N[C@H](CCBr)c1ccccc1. The number of nitrogens with two attached hydrogens (primary N) is 1. The van der Waals surface area contributed by atoms with Crippen LogP contribution in [0.2, 0.25) is 0 Å². The van der Waals surface area contributed by atoms with Crippen molar-refractivity contribution >= 4 is 15.9 Å². The fraction of sp³-hybridized carbons (Fsp3) is 0.333. The van der Waals surface area contributed by atoms with Crippen LogP contribution in [0.15, 0.2) is 30.3 Å². The van der Waals surface area contributed by atoms with Crippen LogP contribution >= 0.6 is 15.9 Å². The molecule has 0 unspecified atom stereocenters. The molecule has 60 valence electrons. The number of hydrogen-bond donors (Lipinski definition) is 1. The number of halogens is 1. The molecule has 11 heavy (non-hydrogen) atoms. The lowest BCUT2D eigenvalue weighted by Gasteiger charge is -2.08. The number of alkyl halides is 1. The van der Waals surface area contributed by atoms with E-state index in [1.54, 1.807) is 0 Å². The molecule has 1 atom stereocenters. The molecule has 0 aliphatic carbocycles. The Morgan fingerprint density at radius 1 is 1.27 bits per heavy atom. The van der Waals surface area contributed by atoms with E-state index in [1.807, 2.05) is 18.2 Å². The van der Waals surface area contributed by atoms with Crippen molar-refractivity contribution < 1.29 is 0 Å². The Morgan fingerprint density at radius 3 is 2.45 bits per heavy atom. The number of rotatable bonds is 3. The first-order valence-electron chi connectivity index (χ1n) is 3.71. The summed E-state index contributed by atoms with van der Waals surface area (Å²) in [6, 6.07) is 10.3. The summed E-state index contributed by atoms with van der Waals surface area (Å²) in [7, 11) is 0. The maximum absolute atomic E-state index is 5.88. The average Bonchev–Trinajstić information content (AvgIpc) is 2.07. The van der Waals surface area contributed by atoms with Crippen LogP contribution in [0, 0.1) is 0 Å². The van der Waals surface area contributed by atoms with Crippen molar-refractivity contribution in [2.75, 3.05) is 5.33 Å². The van der Waals surface area contributed by atoms with Gasteiger partial charge < -0.3 is 5.73 Å². The Labute approximate surface area is 75.7 Å². The van der Waals surface area contributed by atoms with Gasteiger partial charge >= 0.3 is 0 Å². The summed E-state index contributed by atoms with van der Waals surface area (Å²) in [5, 5.41) is 0.961. The largest absolute Gasteiger partial charge is 0.324 e. The third-order valence-electron chi connectivity index (χ3n) is 1.65. The molecule has 0 heterocycles. The minimum atomic E-state index is 0.176. The zero-order valence-electron chi connectivity index (χ0n) is 6.33. The van der Waals surface area contributed by atoms with Gasteiger partial charge in [0.1, 0.15) is 0 Å². The molecule has 0 aliphatic rings. The molecular formula is C9H12BrN. The van der Waals surface area contributed by atoms with E-state index >= 15 is 0 Å². The van der Waals surface area contributed by atoms with Crippen LogP contribution in [0.4, 0.5) is 0 Å². The van der Waals surface area contributed by atoms with E-state index < -0.39 is 0 Å². The van der Waals surface area contributed by atoms with Gasteiger partial charge in [-0.15, -0.1) is 0 Å². The van der Waals surface area contributed by atoms with E-state index in [-0.39, 0.29) is 6.04 Å². The van der Waals surface area contributed by atoms with E-state index in [9.17, 15) is 0 Å². The smallest absolute Gasteiger partial charge is 0.0302 e. The maximum Gasteiger partial charge on any atom is 0.0302 e. The molecule has 0 bridgehead atoms. The van der Waals surface area contributed by atoms with Crippen LogP contribution in [0.3, 0.4) is 0 Å². The molecule has 0 aromatic heterocycles. The summed E-state index contributed by atoms with van der Waals surface area (Å²) in [4.78, 5) is 0. The molecule has 1 nitrogen and oxygen atoms in total. The fourth-order valence-electron chi connectivity index (χ4n) is 0.984. The van der Waals surface area contributed by atoms with Crippen LogP contribution in [0.1, 0.15) is 18.0 Å². The molecule has 1 aromatic rings. The Hall–Kier alpha value is -0.340. The highest BCUT2D eigenvalue weighted by atomic mass is 79.9. The monoisotopic (exact) mass is 213 g/mol. The highest BCUT2D eigenvalue weighted by Crippen LogP contribution is 2.13. The quantitative estimate of drug-likeness (QED) is 0.768. The highest BCUT2D eigenvalue weighted by molar-refractivity contribution is 9.09. The summed E-state index contributed by atoms with van der Waals surface area (Å²) in [5.74, 6) is 0. The van der Waals surface area contributed by atoms with E-state index in [0.29, 0.717) is 0 Å². The zero-order valence-corrected chi connectivity index (χ0v) is 7.92. The predicted octanol–water partition coefficient (Wildman–Crippen LogP) is 2.47. The second kappa shape index (κ2) is 4.52. The molecular weight excluding hydrogens is 202 g/mol. The summed E-state index contributed by atoms with van der Waals surface area (Å²) in [6.07, 6.45) is 0.990. The van der Waals surface area contributed by atoms with Crippen molar-refractivity contribution in [3.63, 3.8) is 0 Å². The molecule has 1 aromatic carbocycles. The lowest BCUT2D eigenvalue weighted by molar-refractivity contribution is 0.708. The van der Waals surface area contributed by atoms with Crippen LogP contribution in [-0.2, 0) is 0 Å². The topological polar surface area (TPSA) is 26.0 Å². The van der Waals surface area contributed by atoms with Gasteiger partial charge in [0.15, 0.2) is 0 Å². The Bertz CT molecular complexity index is 198. The van der Waals surface area contributed by atoms with Gasteiger partial charge in [0.2, 0.25) is 0 Å². The van der Waals surface area contributed by atoms with Crippen LogP contribution < -0.4 is 5.73 Å². The first-order chi connectivity index (χ1) is 5.34. The van der Waals surface area contributed by atoms with Gasteiger partial charge in [0.25, 0.3) is 0 Å². The van der Waals surface area contributed by atoms with Crippen molar-refractivity contribution in [1.29, 1.82) is 0 Å². The molecule has 1 rings (SSSR count). The fourth-order valence-corrected chi connectivity index (χ4v) is 1.48. The van der Waals surface area contributed by atoms with Crippen molar-refractivity contribution in [3.8, 4) is 0 Å². The molecule has 0 fully saturated rings. The first-order valence-corrected chi connectivity index (χ1v) is 4.83. The van der Waals surface area contributed by atoms with Gasteiger partial charge in [-0.2, -0.15) is 0 Å². The van der Waals surface area contributed by atoms with Crippen LogP contribution in [0.25, 0.3) is 0 Å². The Morgan fingerprint density at radius 2 is 1.91 bits per heavy atom. The molecule has 0 saturated carbocycles. The average molecular weight is 214 g/mol. The Kier molecular flexibility index (Phi) is 3.60. The number of hydrogen-bond acceptors (Lipinski definition) is 1. The summed E-state index contributed by atoms with van der Waals surface area (Å²) in [5.41, 5.74) is 7.09. The minimum Gasteiger partial charge on any atom is -0.324 e. The van der Waals surface area contributed by atoms with Crippen LogP contribution in [0.5, 0.6) is 0 Å². The standard InChI is InChI=1S/C9H12BrN/c10-7-6-9(11)8-4-2-1-3-5-8/h1-5,9H,6-7,11H2/t9-/m1/s1. The summed E-state index contributed by atoms with van der Waals surface area (Å²) >= 11 is 3.37. The molecule has 0 radical (unpaired) electrons. The second-order valence-electron chi connectivity index (χ2n) is 2.49. The van der Waals surface area contributed by atoms with E-state index in [2.05, 4.69) is 28.1 Å². The normalized spacial score (nSPS) is 12.9. The lowest BCUT2D eigenvalue weighted by Crippen LogP contribution is -2.10. The molecule has 0 amide bonds. The third-order valence-corrected chi connectivity index (χ3v) is 2.11. The molecule has 0 aliphatic heterocycles. The van der Waals surface area contributed by atoms with Gasteiger partial charge in [-0.1, -0.05) is 46.3 Å². The minimum absolute atomic E-state index is 0.176. The highest BCUT2D eigenvalue weighted by Gasteiger charge is 2.02. The van der Waals surface area contributed by atoms with Gasteiger partial charge in [0.05, 0.1) is 0 Å². The van der Waals surface area contributed by atoms with Crippen molar-refractivity contribution in [2.24, 2.45) is 5.73 Å². The summed E-state index contributed by atoms with van der Waals surface area (Å²) in [6.45, 7) is 0. The molecule has 2 heteroatoms. The van der Waals surface area contributed by atoms with Crippen molar-refractivity contribution in [3.05, 3.63) is 35.9 Å². The Balaban J connectivity index is 2.61. The molecule has 2 N–H and O–H groups in total. The van der Waals surface area contributed by atoms with Crippen molar-refractivity contribution in [1.82, 2.24) is 0 Å². The van der Waals surface area contributed by atoms with Gasteiger partial charge in [-0.3, -0.25) is 0 Å². The predicted molar refractivity (Wildman–Crippen MR) is 51.8 cm³/mol. The zero-order chi connectivity index (χ0) is 8.10. The lowest BCUT2D eigenvalue weighted by atomic mass is 10.1. The van der Waals surface area contributed by atoms with E-state index in [4.69, 9.17) is 5.73 Å². The van der Waals surface area contributed by atoms with E-state index in [0.717, 1.165) is 11.8 Å². The van der Waals surface area contributed by atoms with E-state index in [1.165, 1.54) is 5.56 Å². The number of benzene rings is 1. The van der Waals surface area contributed by atoms with Crippen molar-refractivity contribution in [2.45, 2.75) is 12.5 Å². The maximum atomic E-state index is 5.88. The second-order valence-corrected chi connectivity index (χ2v) is 3.29. The van der Waals surface area contributed by atoms with Crippen LogP contribution in [-0.4, -0.2) is 5.33 Å². The first kappa shape index (κ1) is 8.75.